The summed E-state index contributed by atoms with van der Waals surface area (Å²) in [4.78, 5) is 0. The van der Waals surface area contributed by atoms with Crippen LogP contribution in [0.4, 0.5) is 13.2 Å². The Labute approximate surface area is 85.6 Å². The van der Waals surface area contributed by atoms with Crippen molar-refractivity contribution in [3.05, 3.63) is 17.5 Å². The van der Waals surface area contributed by atoms with Crippen LogP contribution >= 0.6 is 0 Å². The number of H-pyrrole nitrogens is 1. The number of nitrogens with one attached hydrogen (secondary N) is 1. The van der Waals surface area contributed by atoms with Gasteiger partial charge in [-0.25, -0.2) is 0 Å². The lowest BCUT2D eigenvalue weighted by Gasteiger charge is -2.24. The third kappa shape index (κ3) is 2.71. The van der Waals surface area contributed by atoms with E-state index in [1.165, 1.54) is 0 Å². The van der Waals surface area contributed by atoms with Gasteiger partial charge in [-0.1, -0.05) is 13.8 Å². The predicted molar refractivity (Wildman–Crippen MR) is 48.5 cm³/mol. The number of aromatic amines is 1. The number of rotatable bonds is 1. The Morgan fingerprint density at radius 2 is 2.00 bits per heavy atom. The van der Waals surface area contributed by atoms with E-state index in [4.69, 9.17) is 4.74 Å². The van der Waals surface area contributed by atoms with E-state index in [1.807, 2.05) is 13.8 Å². The zero-order chi connectivity index (χ0) is 11.5. The SMILES string of the molecule is CC.FC(F)(F)c1cc(C2COC2)[nH]n1. The van der Waals surface area contributed by atoms with Crippen molar-refractivity contribution in [1.82, 2.24) is 10.2 Å². The van der Waals surface area contributed by atoms with Crippen molar-refractivity contribution in [2.45, 2.75) is 25.9 Å². The second-order valence-corrected chi connectivity index (χ2v) is 2.94. The van der Waals surface area contributed by atoms with E-state index >= 15 is 0 Å². The number of nitrogens with zero attached hydrogens (tertiary/aromatic N) is 1. The monoisotopic (exact) mass is 222 g/mol. The van der Waals surface area contributed by atoms with Crippen molar-refractivity contribution in [3.63, 3.8) is 0 Å². The smallest absolute Gasteiger partial charge is 0.380 e. The summed E-state index contributed by atoms with van der Waals surface area (Å²) in [6, 6.07) is 1.03. The summed E-state index contributed by atoms with van der Waals surface area (Å²) in [6.45, 7) is 4.94. The molecular weight excluding hydrogens is 209 g/mol. The Kier molecular flexibility index (Phi) is 3.73. The van der Waals surface area contributed by atoms with E-state index in [0.717, 1.165) is 6.07 Å². The first-order chi connectivity index (χ1) is 7.07. The van der Waals surface area contributed by atoms with Gasteiger partial charge in [0.2, 0.25) is 0 Å². The van der Waals surface area contributed by atoms with Gasteiger partial charge in [0.1, 0.15) is 0 Å². The van der Waals surface area contributed by atoms with Crippen LogP contribution in [0.25, 0.3) is 0 Å². The topological polar surface area (TPSA) is 37.9 Å². The highest BCUT2D eigenvalue weighted by Gasteiger charge is 2.35. The van der Waals surface area contributed by atoms with Gasteiger partial charge in [0, 0.05) is 11.6 Å². The van der Waals surface area contributed by atoms with Gasteiger partial charge < -0.3 is 4.74 Å². The second kappa shape index (κ2) is 4.65. The molecule has 3 nitrogen and oxygen atoms in total. The number of ether oxygens (including phenoxy) is 1. The van der Waals surface area contributed by atoms with Crippen molar-refractivity contribution in [2.24, 2.45) is 0 Å². The van der Waals surface area contributed by atoms with Gasteiger partial charge >= 0.3 is 6.18 Å². The van der Waals surface area contributed by atoms with Crippen LogP contribution in [0.2, 0.25) is 0 Å². The molecule has 0 radical (unpaired) electrons. The van der Waals surface area contributed by atoms with Crippen LogP contribution in [0.5, 0.6) is 0 Å². The molecule has 86 valence electrons. The van der Waals surface area contributed by atoms with Gasteiger partial charge in [0.25, 0.3) is 0 Å². The fourth-order valence-corrected chi connectivity index (χ4v) is 1.11. The molecule has 0 unspecified atom stereocenters. The third-order valence-corrected chi connectivity index (χ3v) is 1.97. The summed E-state index contributed by atoms with van der Waals surface area (Å²) in [7, 11) is 0. The maximum atomic E-state index is 12.1. The second-order valence-electron chi connectivity index (χ2n) is 2.94. The van der Waals surface area contributed by atoms with Crippen molar-refractivity contribution < 1.29 is 17.9 Å². The summed E-state index contributed by atoms with van der Waals surface area (Å²) in [5.74, 6) is 0.0450. The Morgan fingerprint density at radius 1 is 1.40 bits per heavy atom. The fraction of sp³-hybridized carbons (Fsp3) is 0.667. The Hall–Kier alpha value is -1.04. The van der Waals surface area contributed by atoms with Crippen LogP contribution < -0.4 is 0 Å². The molecule has 15 heavy (non-hydrogen) atoms. The molecule has 0 spiro atoms. The van der Waals surface area contributed by atoms with Gasteiger partial charge in [-0.05, 0) is 6.07 Å². The standard InChI is InChI=1S/C7H7F3N2O.C2H6/c8-7(9,10)6-1-5(11-12-6)4-2-13-3-4;1-2/h1,4H,2-3H2,(H,11,12);1-2H3. The van der Waals surface area contributed by atoms with Gasteiger partial charge in [0.05, 0.1) is 13.2 Å². The Morgan fingerprint density at radius 3 is 2.33 bits per heavy atom. The van der Waals surface area contributed by atoms with Gasteiger partial charge in [-0.2, -0.15) is 18.3 Å². The first-order valence-electron chi connectivity index (χ1n) is 4.77. The number of hydrogen-bond donors (Lipinski definition) is 1. The Bertz CT molecular complexity index is 305. The van der Waals surface area contributed by atoms with Crippen LogP contribution in [0, 0.1) is 0 Å². The normalized spacial score (nSPS) is 16.6. The van der Waals surface area contributed by atoms with E-state index in [-0.39, 0.29) is 5.92 Å². The van der Waals surface area contributed by atoms with E-state index in [0.29, 0.717) is 18.9 Å². The highest BCUT2D eigenvalue weighted by molar-refractivity contribution is 5.16. The first-order valence-corrected chi connectivity index (χ1v) is 4.77. The molecule has 0 aromatic carbocycles. The molecule has 0 saturated carbocycles. The molecule has 1 aromatic heterocycles. The van der Waals surface area contributed by atoms with Crippen LogP contribution in [-0.2, 0) is 10.9 Å². The largest absolute Gasteiger partial charge is 0.435 e. The van der Waals surface area contributed by atoms with E-state index in [1.54, 1.807) is 0 Å². The number of alkyl halides is 3. The Balaban J connectivity index is 0.000000531. The summed E-state index contributed by atoms with van der Waals surface area (Å²) in [5, 5.41) is 5.55. The minimum Gasteiger partial charge on any atom is -0.380 e. The van der Waals surface area contributed by atoms with E-state index < -0.39 is 11.9 Å². The summed E-state index contributed by atoms with van der Waals surface area (Å²) in [6.07, 6.45) is -4.36. The van der Waals surface area contributed by atoms with Gasteiger partial charge in [0.15, 0.2) is 5.69 Å². The predicted octanol–water partition coefficient (Wildman–Crippen LogP) is 2.57. The lowest BCUT2D eigenvalue weighted by atomic mass is 10.0. The maximum absolute atomic E-state index is 12.1. The molecule has 2 rings (SSSR count). The zero-order valence-corrected chi connectivity index (χ0v) is 8.56. The van der Waals surface area contributed by atoms with Crippen LogP contribution in [0.3, 0.4) is 0 Å². The van der Waals surface area contributed by atoms with Crippen molar-refractivity contribution in [3.8, 4) is 0 Å². The van der Waals surface area contributed by atoms with Crippen molar-refractivity contribution in [1.29, 1.82) is 0 Å². The number of aromatic nitrogens is 2. The van der Waals surface area contributed by atoms with Crippen LogP contribution in [-0.4, -0.2) is 23.4 Å². The molecule has 1 aromatic rings. The number of halogens is 3. The molecular formula is C9H13F3N2O. The average Bonchev–Trinajstić information content (AvgIpc) is 2.53. The van der Waals surface area contributed by atoms with E-state index in [2.05, 4.69) is 10.2 Å². The average molecular weight is 222 g/mol. The fourth-order valence-electron chi connectivity index (χ4n) is 1.11. The maximum Gasteiger partial charge on any atom is 0.435 e. The molecule has 6 heteroatoms. The molecule has 0 atom stereocenters. The lowest BCUT2D eigenvalue weighted by Crippen LogP contribution is -2.25. The van der Waals surface area contributed by atoms with E-state index in [9.17, 15) is 13.2 Å². The van der Waals surface area contributed by atoms with Crippen LogP contribution in [0.15, 0.2) is 6.07 Å². The minimum atomic E-state index is -4.36. The summed E-state index contributed by atoms with van der Waals surface area (Å²) in [5.41, 5.74) is -0.368. The van der Waals surface area contributed by atoms with Crippen LogP contribution in [0.1, 0.15) is 31.2 Å². The summed E-state index contributed by atoms with van der Waals surface area (Å²) >= 11 is 0. The molecule has 1 N–H and O–H groups in total. The highest BCUT2D eigenvalue weighted by Crippen LogP contribution is 2.30. The first kappa shape index (κ1) is 12.0. The summed E-state index contributed by atoms with van der Waals surface area (Å²) < 4.78 is 41.1. The highest BCUT2D eigenvalue weighted by atomic mass is 19.4. The molecule has 0 bridgehead atoms. The van der Waals surface area contributed by atoms with Crippen molar-refractivity contribution in [2.75, 3.05) is 13.2 Å². The lowest BCUT2D eigenvalue weighted by molar-refractivity contribution is -0.141. The molecule has 2 heterocycles. The number of hydrogen-bond acceptors (Lipinski definition) is 2. The molecule has 1 aliphatic rings. The van der Waals surface area contributed by atoms with Gasteiger partial charge in [-0.15, -0.1) is 0 Å². The molecule has 1 saturated heterocycles. The minimum absolute atomic E-state index is 0.0450. The molecule has 0 amide bonds. The molecule has 1 fully saturated rings. The third-order valence-electron chi connectivity index (χ3n) is 1.97. The van der Waals surface area contributed by atoms with Crippen molar-refractivity contribution >= 4 is 0 Å². The van der Waals surface area contributed by atoms with Gasteiger partial charge in [-0.3, -0.25) is 5.10 Å². The quantitative estimate of drug-likeness (QED) is 0.793. The molecule has 0 aliphatic carbocycles. The zero-order valence-electron chi connectivity index (χ0n) is 8.56. The molecule has 1 aliphatic heterocycles.